The Morgan fingerprint density at radius 3 is 2.80 bits per heavy atom. The number of benzene rings is 1. The minimum atomic E-state index is -0.201. The van der Waals surface area contributed by atoms with Gasteiger partial charge in [0.05, 0.1) is 10.9 Å². The van der Waals surface area contributed by atoms with Crippen LogP contribution < -0.4 is 15.8 Å². The van der Waals surface area contributed by atoms with Crippen LogP contribution in [0.15, 0.2) is 18.2 Å². The number of nitrogens with zero attached hydrogens (tertiary/aromatic N) is 1. The summed E-state index contributed by atoms with van der Waals surface area (Å²) in [7, 11) is 0. The zero-order valence-electron chi connectivity index (χ0n) is 13.7. The summed E-state index contributed by atoms with van der Waals surface area (Å²) in [6, 6.07) is 4.82. The lowest BCUT2D eigenvalue weighted by Gasteiger charge is -2.32. The Labute approximate surface area is 163 Å². The highest BCUT2D eigenvalue weighted by atomic mass is 35.5. The lowest BCUT2D eigenvalue weighted by molar-refractivity contribution is -0.137. The standard InChI is InChI=1S/C16H21Cl2N3O3.ClH/c17-12-3-4-14(13(18)8-12)24-10-15(22)21-7-1-2-11(9-21)16(23)20-6-5-19;/h3-4,8,11H,1-2,5-7,9-10,19H2,(H,20,23);1H. The van der Waals surface area contributed by atoms with Crippen molar-refractivity contribution in [3.05, 3.63) is 28.2 Å². The maximum atomic E-state index is 12.3. The Bertz CT molecular complexity index is 601. The van der Waals surface area contributed by atoms with Crippen LogP contribution in [-0.4, -0.2) is 49.5 Å². The van der Waals surface area contributed by atoms with E-state index in [1.54, 1.807) is 23.1 Å². The average Bonchev–Trinajstić information content (AvgIpc) is 2.58. The molecule has 1 aromatic carbocycles. The Kier molecular flexibility index (Phi) is 9.35. The molecule has 2 amide bonds. The number of amides is 2. The molecule has 1 heterocycles. The number of likely N-dealkylation sites (tertiary alicyclic amines) is 1. The van der Waals surface area contributed by atoms with Crippen molar-refractivity contribution in [3.63, 3.8) is 0 Å². The van der Waals surface area contributed by atoms with Crippen LogP contribution >= 0.6 is 35.6 Å². The van der Waals surface area contributed by atoms with Gasteiger partial charge >= 0.3 is 0 Å². The van der Waals surface area contributed by atoms with Gasteiger partial charge in [-0.2, -0.15) is 0 Å². The fraction of sp³-hybridized carbons (Fsp3) is 0.500. The number of carbonyl (C=O) groups excluding carboxylic acids is 2. The summed E-state index contributed by atoms with van der Waals surface area (Å²) in [5.41, 5.74) is 5.38. The highest BCUT2D eigenvalue weighted by molar-refractivity contribution is 6.35. The summed E-state index contributed by atoms with van der Waals surface area (Å²) < 4.78 is 5.47. The van der Waals surface area contributed by atoms with Gasteiger partial charge in [-0.05, 0) is 31.0 Å². The van der Waals surface area contributed by atoms with Gasteiger partial charge in [0.25, 0.3) is 5.91 Å². The maximum Gasteiger partial charge on any atom is 0.260 e. The molecule has 1 aromatic rings. The van der Waals surface area contributed by atoms with Gasteiger partial charge in [-0.1, -0.05) is 23.2 Å². The Hall–Kier alpha value is -1.21. The predicted octanol–water partition coefficient (Wildman–Crippen LogP) is 2.11. The van der Waals surface area contributed by atoms with Crippen molar-refractivity contribution >= 4 is 47.4 Å². The number of nitrogens with one attached hydrogen (secondary N) is 1. The fourth-order valence-corrected chi connectivity index (χ4v) is 3.04. The minimum absolute atomic E-state index is 0. The van der Waals surface area contributed by atoms with E-state index in [2.05, 4.69) is 5.32 Å². The molecule has 0 saturated carbocycles. The van der Waals surface area contributed by atoms with Crippen LogP contribution in [0.1, 0.15) is 12.8 Å². The van der Waals surface area contributed by atoms with E-state index >= 15 is 0 Å². The Morgan fingerprint density at radius 2 is 2.12 bits per heavy atom. The van der Waals surface area contributed by atoms with E-state index in [0.29, 0.717) is 42.0 Å². The van der Waals surface area contributed by atoms with Crippen molar-refractivity contribution < 1.29 is 14.3 Å². The van der Waals surface area contributed by atoms with E-state index in [4.69, 9.17) is 33.7 Å². The fourth-order valence-electron chi connectivity index (χ4n) is 2.58. The van der Waals surface area contributed by atoms with E-state index in [1.165, 1.54) is 0 Å². The third-order valence-electron chi connectivity index (χ3n) is 3.83. The molecule has 1 unspecified atom stereocenters. The zero-order chi connectivity index (χ0) is 17.5. The number of piperidine rings is 1. The molecule has 2 rings (SSSR count). The van der Waals surface area contributed by atoms with E-state index in [1.807, 2.05) is 0 Å². The van der Waals surface area contributed by atoms with Crippen LogP contribution in [-0.2, 0) is 9.59 Å². The molecule has 1 aliphatic heterocycles. The molecule has 1 fully saturated rings. The normalized spacial score (nSPS) is 16.8. The summed E-state index contributed by atoms with van der Waals surface area (Å²) in [4.78, 5) is 26.0. The predicted molar refractivity (Wildman–Crippen MR) is 101 cm³/mol. The Balaban J connectivity index is 0.00000312. The molecular formula is C16H22Cl3N3O3. The summed E-state index contributed by atoms with van der Waals surface area (Å²) in [6.45, 7) is 1.74. The number of ether oxygens (including phenoxy) is 1. The molecule has 0 bridgehead atoms. The monoisotopic (exact) mass is 409 g/mol. The molecule has 0 aromatic heterocycles. The van der Waals surface area contributed by atoms with Gasteiger partial charge in [-0.3, -0.25) is 9.59 Å². The highest BCUT2D eigenvalue weighted by Gasteiger charge is 2.28. The third kappa shape index (κ3) is 6.55. The van der Waals surface area contributed by atoms with Crippen LogP contribution in [0.3, 0.4) is 0 Å². The second-order valence-electron chi connectivity index (χ2n) is 5.62. The lowest BCUT2D eigenvalue weighted by atomic mass is 9.97. The number of hydrogen-bond donors (Lipinski definition) is 2. The average molecular weight is 411 g/mol. The van der Waals surface area contributed by atoms with Crippen LogP contribution in [0.5, 0.6) is 5.75 Å². The molecular weight excluding hydrogens is 389 g/mol. The van der Waals surface area contributed by atoms with Gasteiger partial charge < -0.3 is 20.7 Å². The first-order valence-corrected chi connectivity index (χ1v) is 8.60. The third-order valence-corrected chi connectivity index (χ3v) is 4.36. The first kappa shape index (κ1) is 21.8. The molecule has 1 saturated heterocycles. The molecule has 0 radical (unpaired) electrons. The summed E-state index contributed by atoms with van der Waals surface area (Å²) >= 11 is 11.8. The van der Waals surface area contributed by atoms with Gasteiger partial charge in [0.2, 0.25) is 5.91 Å². The van der Waals surface area contributed by atoms with E-state index in [0.717, 1.165) is 12.8 Å². The van der Waals surface area contributed by atoms with Gasteiger partial charge in [0, 0.05) is 31.2 Å². The number of halogens is 3. The molecule has 0 aliphatic carbocycles. The minimum Gasteiger partial charge on any atom is -0.482 e. The van der Waals surface area contributed by atoms with Crippen molar-refractivity contribution in [2.24, 2.45) is 11.7 Å². The molecule has 6 nitrogen and oxygen atoms in total. The topological polar surface area (TPSA) is 84.7 Å². The summed E-state index contributed by atoms with van der Waals surface area (Å²) in [5, 5.41) is 3.62. The second-order valence-corrected chi connectivity index (χ2v) is 6.47. The van der Waals surface area contributed by atoms with E-state index in [-0.39, 0.29) is 36.7 Å². The smallest absolute Gasteiger partial charge is 0.260 e. The largest absolute Gasteiger partial charge is 0.482 e. The molecule has 1 atom stereocenters. The van der Waals surface area contributed by atoms with Gasteiger partial charge in [0.15, 0.2) is 6.61 Å². The van der Waals surface area contributed by atoms with E-state index < -0.39 is 0 Å². The molecule has 25 heavy (non-hydrogen) atoms. The van der Waals surface area contributed by atoms with Crippen molar-refractivity contribution in [1.82, 2.24) is 10.2 Å². The summed E-state index contributed by atoms with van der Waals surface area (Å²) in [5.74, 6) is -0.0195. The molecule has 3 N–H and O–H groups in total. The molecule has 0 spiro atoms. The summed E-state index contributed by atoms with van der Waals surface area (Å²) in [6.07, 6.45) is 1.55. The van der Waals surface area contributed by atoms with Crippen LogP contribution in [0, 0.1) is 5.92 Å². The quantitative estimate of drug-likeness (QED) is 0.752. The maximum absolute atomic E-state index is 12.3. The van der Waals surface area contributed by atoms with Crippen LogP contribution in [0.4, 0.5) is 0 Å². The zero-order valence-corrected chi connectivity index (χ0v) is 16.0. The van der Waals surface area contributed by atoms with Crippen LogP contribution in [0.25, 0.3) is 0 Å². The van der Waals surface area contributed by atoms with Gasteiger partial charge in [0.1, 0.15) is 5.75 Å². The number of nitrogens with two attached hydrogens (primary N) is 1. The molecule has 140 valence electrons. The Morgan fingerprint density at radius 1 is 1.36 bits per heavy atom. The van der Waals surface area contributed by atoms with Crippen molar-refractivity contribution in [3.8, 4) is 5.75 Å². The number of hydrogen-bond acceptors (Lipinski definition) is 4. The van der Waals surface area contributed by atoms with Crippen LogP contribution in [0.2, 0.25) is 10.0 Å². The lowest BCUT2D eigenvalue weighted by Crippen LogP contribution is -2.47. The van der Waals surface area contributed by atoms with Crippen molar-refractivity contribution in [2.45, 2.75) is 12.8 Å². The molecule has 1 aliphatic rings. The second kappa shape index (κ2) is 10.7. The van der Waals surface area contributed by atoms with Crippen molar-refractivity contribution in [1.29, 1.82) is 0 Å². The first-order valence-electron chi connectivity index (χ1n) is 7.84. The first-order chi connectivity index (χ1) is 11.5. The number of rotatable bonds is 6. The number of carbonyl (C=O) groups is 2. The SMILES string of the molecule is Cl.NCCNC(=O)C1CCCN(C(=O)COc2ccc(Cl)cc2Cl)C1. The van der Waals surface area contributed by atoms with Gasteiger partial charge in [-0.25, -0.2) is 0 Å². The highest BCUT2D eigenvalue weighted by Crippen LogP contribution is 2.27. The molecule has 9 heteroatoms. The van der Waals surface area contributed by atoms with E-state index in [9.17, 15) is 9.59 Å². The van der Waals surface area contributed by atoms with Gasteiger partial charge in [-0.15, -0.1) is 12.4 Å². The van der Waals surface area contributed by atoms with Crippen molar-refractivity contribution in [2.75, 3.05) is 32.8 Å².